The molecule has 0 radical (unpaired) electrons. The fourth-order valence-corrected chi connectivity index (χ4v) is 10.0. The van der Waals surface area contributed by atoms with Gasteiger partial charge >= 0.3 is 6.03 Å². The van der Waals surface area contributed by atoms with Crippen LogP contribution in [0.4, 0.5) is 10.5 Å². The number of nitrogens with one attached hydrogen (secondary N) is 2. The first-order chi connectivity index (χ1) is 21.2. The first kappa shape index (κ1) is 31.4. The number of hydrogen-bond acceptors (Lipinski definition) is 6. The predicted octanol–water partition coefficient (Wildman–Crippen LogP) is 4.64. The Morgan fingerprint density at radius 1 is 1.02 bits per heavy atom. The van der Waals surface area contributed by atoms with Crippen molar-refractivity contribution in [1.29, 1.82) is 0 Å². The fraction of sp³-hybridized carbons (Fsp3) is 0.629. The number of nitrogens with zero attached hydrogens (tertiary/aromatic N) is 3. The van der Waals surface area contributed by atoms with Crippen LogP contribution in [0.15, 0.2) is 53.4 Å². The van der Waals surface area contributed by atoms with Gasteiger partial charge in [0, 0.05) is 62.8 Å². The number of anilines is 1. The minimum Gasteiger partial charge on any atom is -0.371 e. The molecule has 240 valence electrons. The van der Waals surface area contributed by atoms with Crippen molar-refractivity contribution in [2.24, 2.45) is 11.8 Å². The Bertz CT molecular complexity index is 1400. The summed E-state index contributed by atoms with van der Waals surface area (Å²) in [5.74, 6) is 1.21. The van der Waals surface area contributed by atoms with Crippen molar-refractivity contribution in [3.8, 4) is 0 Å². The third-order valence-electron chi connectivity index (χ3n) is 10.7. The fourth-order valence-electron chi connectivity index (χ4n) is 8.37. The van der Waals surface area contributed by atoms with Gasteiger partial charge in [-0.15, -0.1) is 0 Å². The van der Waals surface area contributed by atoms with Gasteiger partial charge < -0.3 is 25.3 Å². The molecule has 1 unspecified atom stereocenters. The largest absolute Gasteiger partial charge is 0.371 e. The Kier molecular flexibility index (Phi) is 9.27. The molecule has 3 heterocycles. The molecule has 2 amide bonds. The predicted molar refractivity (Wildman–Crippen MR) is 177 cm³/mol. The Labute approximate surface area is 264 Å². The van der Waals surface area contributed by atoms with Crippen LogP contribution < -0.4 is 15.5 Å². The molecule has 0 spiro atoms. The van der Waals surface area contributed by atoms with E-state index in [1.165, 1.54) is 24.0 Å². The highest BCUT2D eigenvalue weighted by Gasteiger charge is 2.47. The van der Waals surface area contributed by atoms with Crippen LogP contribution in [-0.2, 0) is 21.8 Å². The van der Waals surface area contributed by atoms with Crippen LogP contribution in [-0.4, -0.2) is 88.9 Å². The zero-order chi connectivity index (χ0) is 30.9. The lowest BCUT2D eigenvalue weighted by Gasteiger charge is -2.52. The van der Waals surface area contributed by atoms with E-state index in [1.807, 2.05) is 12.1 Å². The maximum Gasteiger partial charge on any atom is 0.314 e. The van der Waals surface area contributed by atoms with Crippen LogP contribution >= 0.6 is 0 Å². The SMILES string of the molecule is CCC[C@@H](CC1(C2CCN(CC3CN(c4ccc(S(=O)(=O)C5CC5)cc4)C3)CC2)CN(C)Cc2ccccc21)NC(=O)NC. The summed E-state index contributed by atoms with van der Waals surface area (Å²) >= 11 is 0. The molecular formula is C35H51N5O3S. The number of likely N-dealkylation sites (tertiary alicyclic amines) is 1. The summed E-state index contributed by atoms with van der Waals surface area (Å²) in [6.07, 6.45) is 6.95. The molecule has 2 atom stereocenters. The molecule has 3 fully saturated rings. The van der Waals surface area contributed by atoms with Gasteiger partial charge in [0.1, 0.15) is 0 Å². The molecule has 0 bridgehead atoms. The quantitative estimate of drug-likeness (QED) is 0.381. The number of carbonyl (C=O) groups excluding carboxylic acids is 1. The van der Waals surface area contributed by atoms with E-state index in [0.29, 0.717) is 16.7 Å². The molecule has 1 saturated carbocycles. The summed E-state index contributed by atoms with van der Waals surface area (Å²) in [4.78, 5) is 20.4. The lowest BCUT2D eigenvalue weighted by Crippen LogP contribution is -2.56. The molecule has 3 aliphatic heterocycles. The third kappa shape index (κ3) is 6.51. The van der Waals surface area contributed by atoms with Crippen molar-refractivity contribution in [3.05, 3.63) is 59.7 Å². The number of likely N-dealkylation sites (N-methyl/N-ethyl adjacent to an activating group) is 1. The van der Waals surface area contributed by atoms with Crippen LogP contribution in [0, 0.1) is 11.8 Å². The van der Waals surface area contributed by atoms with Crippen molar-refractivity contribution >= 4 is 21.6 Å². The highest BCUT2D eigenvalue weighted by atomic mass is 32.2. The first-order valence-corrected chi connectivity index (χ1v) is 18.3. The van der Waals surface area contributed by atoms with Gasteiger partial charge in [0.15, 0.2) is 9.84 Å². The highest BCUT2D eigenvalue weighted by molar-refractivity contribution is 7.92. The van der Waals surface area contributed by atoms with Gasteiger partial charge in [-0.2, -0.15) is 0 Å². The minimum absolute atomic E-state index is 0.0168. The average molecular weight is 622 g/mol. The van der Waals surface area contributed by atoms with E-state index >= 15 is 0 Å². The number of urea groups is 1. The first-order valence-electron chi connectivity index (χ1n) is 16.8. The van der Waals surface area contributed by atoms with Crippen molar-refractivity contribution in [1.82, 2.24) is 20.4 Å². The van der Waals surface area contributed by atoms with Crippen LogP contribution in [0.5, 0.6) is 0 Å². The van der Waals surface area contributed by atoms with E-state index in [4.69, 9.17) is 0 Å². The number of fused-ring (bicyclic) bond motifs is 1. The Hall–Kier alpha value is -2.62. The number of sulfone groups is 1. The second-order valence-corrected chi connectivity index (χ2v) is 16.2. The normalized spacial score (nSPS) is 24.4. The Morgan fingerprint density at radius 3 is 2.39 bits per heavy atom. The molecule has 44 heavy (non-hydrogen) atoms. The summed E-state index contributed by atoms with van der Waals surface area (Å²) in [6, 6.07) is 16.7. The van der Waals surface area contributed by atoms with E-state index in [1.54, 1.807) is 19.2 Å². The second-order valence-electron chi connectivity index (χ2n) is 14.0. The summed E-state index contributed by atoms with van der Waals surface area (Å²) in [6.45, 7) is 9.63. The molecule has 2 aromatic rings. The third-order valence-corrected chi connectivity index (χ3v) is 13.0. The molecule has 2 N–H and O–H groups in total. The number of hydrogen-bond donors (Lipinski definition) is 2. The molecule has 4 aliphatic rings. The number of piperidine rings is 1. The van der Waals surface area contributed by atoms with Crippen LogP contribution in [0.3, 0.4) is 0 Å². The minimum atomic E-state index is -3.13. The van der Waals surface area contributed by atoms with E-state index < -0.39 is 9.84 Å². The van der Waals surface area contributed by atoms with Gasteiger partial charge in [-0.1, -0.05) is 37.6 Å². The summed E-state index contributed by atoms with van der Waals surface area (Å²) < 4.78 is 25.1. The van der Waals surface area contributed by atoms with Gasteiger partial charge in [-0.05, 0) is 100.0 Å². The van der Waals surface area contributed by atoms with Crippen LogP contribution in [0.1, 0.15) is 63.0 Å². The maximum absolute atomic E-state index is 12.5. The number of amides is 2. The standard InChI is InChI=1S/C35H51N5O3S/c1-4-7-29(37-34(41)36-2)20-35(25-38(3)24-27-8-5-6-9-33(27)35)28-16-18-39(19-17-28)21-26-22-40(23-26)30-10-12-31(13-11-30)44(42,43)32-14-15-32/h5-6,8-13,26,28-29,32H,4,7,14-25H2,1-3H3,(H2,36,37,41)/t29-,35?/m0/s1. The zero-order valence-corrected chi connectivity index (χ0v) is 27.6. The van der Waals surface area contributed by atoms with Crippen LogP contribution in [0.2, 0.25) is 0 Å². The van der Waals surface area contributed by atoms with Gasteiger partial charge in [-0.3, -0.25) is 0 Å². The zero-order valence-electron chi connectivity index (χ0n) is 26.8. The summed E-state index contributed by atoms with van der Waals surface area (Å²) in [5, 5.41) is 5.92. The van der Waals surface area contributed by atoms with Crippen molar-refractivity contribution in [2.45, 2.75) is 80.0 Å². The monoisotopic (exact) mass is 621 g/mol. The van der Waals surface area contributed by atoms with Gasteiger partial charge in [-0.25, -0.2) is 13.2 Å². The lowest BCUT2D eigenvalue weighted by molar-refractivity contribution is 0.0655. The van der Waals surface area contributed by atoms with Gasteiger partial charge in [0.05, 0.1) is 10.1 Å². The van der Waals surface area contributed by atoms with Crippen molar-refractivity contribution in [2.75, 3.05) is 58.3 Å². The summed E-state index contributed by atoms with van der Waals surface area (Å²) in [7, 11) is 0.825. The number of carbonyl (C=O) groups is 1. The molecule has 2 aromatic carbocycles. The topological polar surface area (TPSA) is 85.0 Å². The smallest absolute Gasteiger partial charge is 0.314 e. The molecule has 1 aliphatic carbocycles. The Morgan fingerprint density at radius 2 is 1.73 bits per heavy atom. The number of rotatable bonds is 11. The second kappa shape index (κ2) is 13.0. The molecule has 8 nitrogen and oxygen atoms in total. The van der Waals surface area contributed by atoms with E-state index in [-0.39, 0.29) is 22.7 Å². The molecule has 2 saturated heterocycles. The lowest BCUT2D eigenvalue weighted by atomic mass is 9.60. The van der Waals surface area contributed by atoms with Crippen molar-refractivity contribution < 1.29 is 13.2 Å². The molecular weight excluding hydrogens is 570 g/mol. The van der Waals surface area contributed by atoms with E-state index in [0.717, 1.165) is 83.6 Å². The molecule has 0 aromatic heterocycles. The van der Waals surface area contributed by atoms with Gasteiger partial charge in [0.2, 0.25) is 0 Å². The highest BCUT2D eigenvalue weighted by Crippen LogP contribution is 2.47. The van der Waals surface area contributed by atoms with E-state index in [2.05, 4.69) is 63.6 Å². The van der Waals surface area contributed by atoms with Gasteiger partial charge in [0.25, 0.3) is 0 Å². The molecule has 6 rings (SSSR count). The Balaban J connectivity index is 1.09. The molecule has 9 heteroatoms. The maximum atomic E-state index is 12.5. The number of benzene rings is 2. The average Bonchev–Trinajstić information content (AvgIpc) is 3.86. The van der Waals surface area contributed by atoms with Crippen LogP contribution in [0.25, 0.3) is 0 Å². The van der Waals surface area contributed by atoms with E-state index in [9.17, 15) is 13.2 Å². The summed E-state index contributed by atoms with van der Waals surface area (Å²) in [5.41, 5.74) is 4.08. The van der Waals surface area contributed by atoms with Crippen molar-refractivity contribution in [3.63, 3.8) is 0 Å².